The average molecular weight is 221 g/mol. The molecule has 0 aliphatic carbocycles. The molecule has 1 aromatic heterocycles. The third kappa shape index (κ3) is 2.26. The molecular formula is C12H19N3O. The maximum Gasteiger partial charge on any atom is 0.225 e. The Kier molecular flexibility index (Phi) is 3.27. The van der Waals surface area contributed by atoms with Gasteiger partial charge in [-0.15, -0.1) is 0 Å². The van der Waals surface area contributed by atoms with Crippen LogP contribution in [0, 0.1) is 5.92 Å². The maximum atomic E-state index is 11.9. The van der Waals surface area contributed by atoms with Crippen molar-refractivity contribution in [3.8, 4) is 0 Å². The number of hydrogen-bond acceptors (Lipinski definition) is 2. The van der Waals surface area contributed by atoms with Crippen LogP contribution in [0.5, 0.6) is 0 Å². The van der Waals surface area contributed by atoms with Gasteiger partial charge in [-0.05, 0) is 18.9 Å². The Morgan fingerprint density at radius 1 is 1.62 bits per heavy atom. The van der Waals surface area contributed by atoms with Crippen molar-refractivity contribution >= 4 is 5.91 Å². The molecule has 1 unspecified atom stereocenters. The van der Waals surface area contributed by atoms with Crippen molar-refractivity contribution in [1.29, 1.82) is 0 Å². The molecule has 1 fully saturated rings. The first-order chi connectivity index (χ1) is 7.68. The summed E-state index contributed by atoms with van der Waals surface area (Å²) in [7, 11) is 0. The van der Waals surface area contributed by atoms with Crippen molar-refractivity contribution in [1.82, 2.24) is 15.1 Å². The first-order valence-corrected chi connectivity index (χ1v) is 5.96. The third-order valence-electron chi connectivity index (χ3n) is 3.19. The largest absolute Gasteiger partial charge is 0.342 e. The van der Waals surface area contributed by atoms with Crippen LogP contribution in [0.2, 0.25) is 0 Å². The second-order valence-corrected chi connectivity index (χ2v) is 4.79. The highest BCUT2D eigenvalue weighted by atomic mass is 16.2. The van der Waals surface area contributed by atoms with E-state index in [-0.39, 0.29) is 11.8 Å². The number of nitrogens with one attached hydrogen (secondary N) is 1. The average Bonchev–Trinajstić information content (AvgIpc) is 2.81. The Morgan fingerprint density at radius 3 is 3.06 bits per heavy atom. The van der Waals surface area contributed by atoms with E-state index in [0.29, 0.717) is 5.92 Å². The zero-order chi connectivity index (χ0) is 11.5. The van der Waals surface area contributed by atoms with Gasteiger partial charge < -0.3 is 4.90 Å². The first kappa shape index (κ1) is 11.2. The smallest absolute Gasteiger partial charge is 0.225 e. The molecule has 16 heavy (non-hydrogen) atoms. The number of carbonyl (C=O) groups is 1. The van der Waals surface area contributed by atoms with E-state index in [1.165, 1.54) is 0 Å². The van der Waals surface area contributed by atoms with E-state index in [4.69, 9.17) is 0 Å². The molecule has 1 saturated heterocycles. The van der Waals surface area contributed by atoms with Crippen LogP contribution in [-0.4, -0.2) is 34.1 Å². The number of likely N-dealkylation sites (tertiary alicyclic amines) is 1. The van der Waals surface area contributed by atoms with Crippen LogP contribution in [0.25, 0.3) is 0 Å². The predicted molar refractivity (Wildman–Crippen MR) is 62.0 cm³/mol. The minimum atomic E-state index is 0.0977. The van der Waals surface area contributed by atoms with Crippen LogP contribution in [-0.2, 0) is 4.79 Å². The van der Waals surface area contributed by atoms with E-state index in [1.807, 2.05) is 24.8 Å². The highest BCUT2D eigenvalue weighted by molar-refractivity contribution is 5.78. The quantitative estimate of drug-likeness (QED) is 0.827. The molecule has 1 aromatic rings. The Bertz CT molecular complexity index is 345. The van der Waals surface area contributed by atoms with Gasteiger partial charge >= 0.3 is 0 Å². The monoisotopic (exact) mass is 221 g/mol. The summed E-state index contributed by atoms with van der Waals surface area (Å²) < 4.78 is 0. The van der Waals surface area contributed by atoms with E-state index >= 15 is 0 Å². The van der Waals surface area contributed by atoms with Gasteiger partial charge in [0.1, 0.15) is 0 Å². The summed E-state index contributed by atoms with van der Waals surface area (Å²) in [6, 6.07) is 2.01. The lowest BCUT2D eigenvalue weighted by atomic mass is 9.94. The summed E-state index contributed by atoms with van der Waals surface area (Å²) in [5.41, 5.74) is 1.15. The molecule has 0 radical (unpaired) electrons. The molecule has 1 aliphatic heterocycles. The van der Waals surface area contributed by atoms with Gasteiger partial charge in [-0.25, -0.2) is 0 Å². The molecular weight excluding hydrogens is 202 g/mol. The van der Waals surface area contributed by atoms with Crippen LogP contribution < -0.4 is 0 Å². The van der Waals surface area contributed by atoms with Crippen molar-refractivity contribution in [3.63, 3.8) is 0 Å². The summed E-state index contributed by atoms with van der Waals surface area (Å²) in [6.45, 7) is 5.66. The second-order valence-electron chi connectivity index (χ2n) is 4.79. The normalized spacial score (nSPS) is 21.4. The highest BCUT2D eigenvalue weighted by Gasteiger charge is 2.26. The lowest BCUT2D eigenvalue weighted by Crippen LogP contribution is -2.41. The Balaban J connectivity index is 2.02. The van der Waals surface area contributed by atoms with Crippen molar-refractivity contribution in [2.75, 3.05) is 13.1 Å². The lowest BCUT2D eigenvalue weighted by molar-refractivity contribution is -0.135. The molecule has 1 N–H and O–H groups in total. The number of hydrogen-bond donors (Lipinski definition) is 1. The maximum absolute atomic E-state index is 11.9. The number of amides is 1. The Labute approximate surface area is 96.0 Å². The minimum Gasteiger partial charge on any atom is -0.342 e. The SMILES string of the molecule is CC(C)C(=O)N1CCCC(c2ccn[nH]2)C1. The van der Waals surface area contributed by atoms with Crippen LogP contribution in [0.1, 0.15) is 38.3 Å². The van der Waals surface area contributed by atoms with Gasteiger partial charge in [0.25, 0.3) is 0 Å². The fourth-order valence-electron chi connectivity index (χ4n) is 2.29. The van der Waals surface area contributed by atoms with Crippen molar-refractivity contribution in [2.45, 2.75) is 32.6 Å². The number of nitrogens with zero attached hydrogens (tertiary/aromatic N) is 2. The van der Waals surface area contributed by atoms with Crippen LogP contribution >= 0.6 is 0 Å². The molecule has 0 saturated carbocycles. The number of piperidine rings is 1. The number of aromatic amines is 1. The highest BCUT2D eigenvalue weighted by Crippen LogP contribution is 2.25. The Morgan fingerprint density at radius 2 is 2.44 bits per heavy atom. The van der Waals surface area contributed by atoms with Gasteiger partial charge in [-0.2, -0.15) is 5.10 Å². The molecule has 0 spiro atoms. The summed E-state index contributed by atoms with van der Waals surface area (Å²) >= 11 is 0. The number of H-pyrrole nitrogens is 1. The van der Waals surface area contributed by atoms with Crippen molar-refractivity contribution in [3.05, 3.63) is 18.0 Å². The van der Waals surface area contributed by atoms with Crippen LogP contribution in [0.4, 0.5) is 0 Å². The molecule has 0 bridgehead atoms. The zero-order valence-corrected chi connectivity index (χ0v) is 9.94. The predicted octanol–water partition coefficient (Wildman–Crippen LogP) is 1.77. The molecule has 1 atom stereocenters. The minimum absolute atomic E-state index is 0.0977. The van der Waals surface area contributed by atoms with Gasteiger partial charge in [-0.1, -0.05) is 13.8 Å². The second kappa shape index (κ2) is 4.68. The van der Waals surface area contributed by atoms with E-state index in [1.54, 1.807) is 6.20 Å². The van der Waals surface area contributed by atoms with Crippen LogP contribution in [0.15, 0.2) is 12.3 Å². The fourth-order valence-corrected chi connectivity index (χ4v) is 2.29. The molecule has 4 nitrogen and oxygen atoms in total. The molecule has 2 rings (SSSR count). The third-order valence-corrected chi connectivity index (χ3v) is 3.19. The first-order valence-electron chi connectivity index (χ1n) is 5.96. The molecule has 1 aliphatic rings. The van der Waals surface area contributed by atoms with Crippen molar-refractivity contribution < 1.29 is 4.79 Å². The summed E-state index contributed by atoms with van der Waals surface area (Å²) in [5.74, 6) is 0.795. The van der Waals surface area contributed by atoms with Gasteiger partial charge in [-0.3, -0.25) is 9.89 Å². The lowest BCUT2D eigenvalue weighted by Gasteiger charge is -2.33. The van der Waals surface area contributed by atoms with E-state index in [0.717, 1.165) is 31.6 Å². The Hall–Kier alpha value is -1.32. The number of carbonyl (C=O) groups excluding carboxylic acids is 1. The molecule has 88 valence electrons. The standard InChI is InChI=1S/C12H19N3O/c1-9(2)12(16)15-7-3-4-10(8-15)11-5-6-13-14-11/h5-6,9-10H,3-4,7-8H2,1-2H3,(H,13,14). The van der Waals surface area contributed by atoms with Gasteiger partial charge in [0.2, 0.25) is 5.91 Å². The summed E-state index contributed by atoms with van der Waals surface area (Å²) in [6.07, 6.45) is 4.00. The zero-order valence-electron chi connectivity index (χ0n) is 9.94. The van der Waals surface area contributed by atoms with Gasteiger partial charge in [0.05, 0.1) is 0 Å². The molecule has 1 amide bonds. The van der Waals surface area contributed by atoms with Gasteiger partial charge in [0, 0.05) is 36.8 Å². The fraction of sp³-hybridized carbons (Fsp3) is 0.667. The number of aromatic nitrogens is 2. The topological polar surface area (TPSA) is 49.0 Å². The van der Waals surface area contributed by atoms with E-state index < -0.39 is 0 Å². The molecule has 2 heterocycles. The van der Waals surface area contributed by atoms with E-state index in [2.05, 4.69) is 10.2 Å². The molecule has 0 aromatic carbocycles. The number of rotatable bonds is 2. The molecule has 4 heteroatoms. The van der Waals surface area contributed by atoms with E-state index in [9.17, 15) is 4.79 Å². The van der Waals surface area contributed by atoms with Crippen molar-refractivity contribution in [2.24, 2.45) is 5.92 Å². The summed E-state index contributed by atoms with van der Waals surface area (Å²) in [4.78, 5) is 13.9. The summed E-state index contributed by atoms with van der Waals surface area (Å²) in [5, 5.41) is 6.98. The van der Waals surface area contributed by atoms with Crippen LogP contribution in [0.3, 0.4) is 0 Å². The van der Waals surface area contributed by atoms with Gasteiger partial charge in [0.15, 0.2) is 0 Å².